The van der Waals surface area contributed by atoms with Crippen LogP contribution in [0.5, 0.6) is 0 Å². The van der Waals surface area contributed by atoms with E-state index in [-0.39, 0.29) is 23.7 Å². The fourth-order valence-electron chi connectivity index (χ4n) is 3.27. The Bertz CT molecular complexity index is 539. The van der Waals surface area contributed by atoms with Crippen molar-refractivity contribution >= 4 is 24.0 Å². The quantitative estimate of drug-likeness (QED) is 0.855. The van der Waals surface area contributed by atoms with E-state index in [2.05, 4.69) is 5.32 Å². The minimum absolute atomic E-state index is 0. The second kappa shape index (κ2) is 6.08. The van der Waals surface area contributed by atoms with Crippen molar-refractivity contribution in [3.05, 3.63) is 29.8 Å². The van der Waals surface area contributed by atoms with Crippen molar-refractivity contribution in [3.63, 3.8) is 0 Å². The second-order valence-electron chi connectivity index (χ2n) is 5.78. The van der Waals surface area contributed by atoms with Gasteiger partial charge >= 0.3 is 6.18 Å². The first kappa shape index (κ1) is 17.1. The van der Waals surface area contributed by atoms with Gasteiger partial charge in [-0.05, 0) is 56.6 Å². The highest BCUT2D eigenvalue weighted by Gasteiger charge is 2.47. The molecule has 1 spiro atoms. The highest BCUT2D eigenvalue weighted by molar-refractivity contribution is 6.00. The van der Waals surface area contributed by atoms with Crippen LogP contribution in [0.3, 0.4) is 0 Å². The number of carbonyl (C=O) groups excluding carboxylic acids is 1. The average molecular weight is 335 g/mol. The lowest BCUT2D eigenvalue weighted by Gasteiger charge is -2.32. The number of rotatable bonds is 1. The zero-order chi connectivity index (χ0) is 15.1. The number of piperidine rings is 1. The molecule has 2 aliphatic heterocycles. The van der Waals surface area contributed by atoms with Crippen LogP contribution in [-0.2, 0) is 11.0 Å². The first-order valence-corrected chi connectivity index (χ1v) is 7.12. The van der Waals surface area contributed by atoms with Crippen molar-refractivity contribution in [1.82, 2.24) is 5.32 Å². The molecule has 3 nitrogen and oxygen atoms in total. The fraction of sp³-hybridized carbons (Fsp3) is 0.533. The van der Waals surface area contributed by atoms with E-state index in [1.54, 1.807) is 4.90 Å². The van der Waals surface area contributed by atoms with Gasteiger partial charge < -0.3 is 10.2 Å². The van der Waals surface area contributed by atoms with Gasteiger partial charge in [0.05, 0.1) is 11.0 Å². The third-order valence-corrected chi connectivity index (χ3v) is 4.58. The number of amides is 1. The number of nitrogens with zero attached hydrogens (tertiary/aromatic N) is 1. The smallest absolute Gasteiger partial charge is 0.317 e. The van der Waals surface area contributed by atoms with Crippen molar-refractivity contribution < 1.29 is 18.0 Å². The monoisotopic (exact) mass is 334 g/mol. The molecular weight excluding hydrogens is 317 g/mol. The Labute approximate surface area is 133 Å². The van der Waals surface area contributed by atoms with Gasteiger partial charge in [0.15, 0.2) is 0 Å². The van der Waals surface area contributed by atoms with Gasteiger partial charge in [0.25, 0.3) is 0 Å². The maximum absolute atomic E-state index is 12.6. The molecule has 7 heteroatoms. The van der Waals surface area contributed by atoms with E-state index in [1.165, 1.54) is 12.1 Å². The molecule has 2 aliphatic rings. The molecule has 22 heavy (non-hydrogen) atoms. The summed E-state index contributed by atoms with van der Waals surface area (Å²) < 4.78 is 37.7. The van der Waals surface area contributed by atoms with E-state index < -0.39 is 11.7 Å². The molecule has 0 saturated carbocycles. The van der Waals surface area contributed by atoms with Gasteiger partial charge in [-0.25, -0.2) is 0 Å². The summed E-state index contributed by atoms with van der Waals surface area (Å²) in [6, 6.07) is 4.85. The SMILES string of the molecule is Cl.O=C1N(c2ccc(C(F)(F)F)cc2)CCC12CCNCC2. The molecule has 1 N–H and O–H groups in total. The highest BCUT2D eigenvalue weighted by Crippen LogP contribution is 2.42. The Balaban J connectivity index is 0.00000176. The molecule has 2 fully saturated rings. The maximum Gasteiger partial charge on any atom is 0.416 e. The van der Waals surface area contributed by atoms with E-state index >= 15 is 0 Å². The molecule has 0 aliphatic carbocycles. The summed E-state index contributed by atoms with van der Waals surface area (Å²) in [5, 5.41) is 3.24. The normalized spacial score (nSPS) is 21.0. The van der Waals surface area contributed by atoms with Gasteiger partial charge in [-0.3, -0.25) is 4.79 Å². The Morgan fingerprint density at radius 1 is 1.05 bits per heavy atom. The second-order valence-corrected chi connectivity index (χ2v) is 5.78. The lowest BCUT2D eigenvalue weighted by atomic mass is 9.78. The third-order valence-electron chi connectivity index (χ3n) is 4.58. The number of carbonyl (C=O) groups is 1. The van der Waals surface area contributed by atoms with Gasteiger partial charge in [-0.15, -0.1) is 12.4 Å². The van der Waals surface area contributed by atoms with Crippen molar-refractivity contribution in [2.24, 2.45) is 5.41 Å². The first-order valence-electron chi connectivity index (χ1n) is 7.12. The van der Waals surface area contributed by atoms with Crippen LogP contribution in [0.4, 0.5) is 18.9 Å². The summed E-state index contributed by atoms with van der Waals surface area (Å²) in [7, 11) is 0. The van der Waals surface area contributed by atoms with Crippen LogP contribution in [0.15, 0.2) is 24.3 Å². The lowest BCUT2D eigenvalue weighted by Crippen LogP contribution is -2.42. The largest absolute Gasteiger partial charge is 0.416 e. The van der Waals surface area contributed by atoms with Crippen LogP contribution in [0.25, 0.3) is 0 Å². The van der Waals surface area contributed by atoms with E-state index in [9.17, 15) is 18.0 Å². The number of anilines is 1. The van der Waals surface area contributed by atoms with E-state index in [0.29, 0.717) is 12.2 Å². The van der Waals surface area contributed by atoms with Gasteiger partial charge in [-0.1, -0.05) is 0 Å². The lowest BCUT2D eigenvalue weighted by molar-refractivity contribution is -0.137. The molecule has 0 atom stereocenters. The molecule has 122 valence electrons. The maximum atomic E-state index is 12.6. The Morgan fingerprint density at radius 2 is 1.64 bits per heavy atom. The van der Waals surface area contributed by atoms with Crippen LogP contribution in [0, 0.1) is 5.41 Å². The van der Waals surface area contributed by atoms with Crippen LogP contribution < -0.4 is 10.2 Å². The topological polar surface area (TPSA) is 32.3 Å². The molecule has 0 aromatic heterocycles. The molecule has 0 unspecified atom stereocenters. The Kier molecular flexibility index (Phi) is 4.73. The van der Waals surface area contributed by atoms with Crippen molar-refractivity contribution in [1.29, 1.82) is 0 Å². The number of alkyl halides is 3. The van der Waals surface area contributed by atoms with Crippen molar-refractivity contribution in [3.8, 4) is 0 Å². The standard InChI is InChI=1S/C15H17F3N2O.ClH/c16-15(17,18)11-1-3-12(4-2-11)20-10-7-14(13(20)21)5-8-19-9-6-14;/h1-4,19H,5-10H2;1H. The predicted molar refractivity (Wildman–Crippen MR) is 80.2 cm³/mol. The third kappa shape index (κ3) is 2.94. The summed E-state index contributed by atoms with van der Waals surface area (Å²) in [5.74, 6) is 0.0590. The zero-order valence-corrected chi connectivity index (χ0v) is 12.8. The zero-order valence-electron chi connectivity index (χ0n) is 11.9. The van der Waals surface area contributed by atoms with Crippen molar-refractivity contribution in [2.75, 3.05) is 24.5 Å². The summed E-state index contributed by atoms with van der Waals surface area (Å²) >= 11 is 0. The number of halogens is 4. The summed E-state index contributed by atoms with van der Waals surface area (Å²) in [6.45, 7) is 2.24. The molecular formula is C15H18ClF3N2O. The minimum atomic E-state index is -4.34. The van der Waals surface area contributed by atoms with E-state index in [4.69, 9.17) is 0 Å². The number of hydrogen-bond donors (Lipinski definition) is 1. The molecule has 2 saturated heterocycles. The van der Waals surface area contributed by atoms with Crippen LogP contribution in [-0.4, -0.2) is 25.5 Å². The van der Waals surface area contributed by atoms with Gasteiger partial charge in [0, 0.05) is 12.2 Å². The Hall–Kier alpha value is -1.27. The molecule has 1 amide bonds. The van der Waals surface area contributed by atoms with Gasteiger partial charge in [-0.2, -0.15) is 13.2 Å². The van der Waals surface area contributed by atoms with Gasteiger partial charge in [0.2, 0.25) is 5.91 Å². The summed E-state index contributed by atoms with van der Waals surface area (Å²) in [4.78, 5) is 14.3. The van der Waals surface area contributed by atoms with Crippen molar-refractivity contribution in [2.45, 2.75) is 25.4 Å². The number of benzene rings is 1. The molecule has 1 aromatic rings. The van der Waals surface area contributed by atoms with E-state index in [1.807, 2.05) is 0 Å². The van der Waals surface area contributed by atoms with Crippen LogP contribution in [0.1, 0.15) is 24.8 Å². The molecule has 2 heterocycles. The van der Waals surface area contributed by atoms with Crippen LogP contribution >= 0.6 is 12.4 Å². The molecule has 1 aromatic carbocycles. The fourth-order valence-corrected chi connectivity index (χ4v) is 3.27. The molecule has 0 radical (unpaired) electrons. The summed E-state index contributed by atoms with van der Waals surface area (Å²) in [5.41, 5.74) is -0.439. The molecule has 0 bridgehead atoms. The first-order chi connectivity index (χ1) is 9.92. The predicted octanol–water partition coefficient (Wildman–Crippen LogP) is 3.23. The van der Waals surface area contributed by atoms with Gasteiger partial charge in [0.1, 0.15) is 0 Å². The number of nitrogens with one attached hydrogen (secondary N) is 1. The average Bonchev–Trinajstić information content (AvgIpc) is 2.76. The number of hydrogen-bond acceptors (Lipinski definition) is 2. The van der Waals surface area contributed by atoms with E-state index in [0.717, 1.165) is 44.5 Å². The molecule has 3 rings (SSSR count). The highest BCUT2D eigenvalue weighted by atomic mass is 35.5. The summed E-state index contributed by atoms with van der Waals surface area (Å²) in [6.07, 6.45) is -1.94. The minimum Gasteiger partial charge on any atom is -0.317 e. The van der Waals surface area contributed by atoms with Crippen LogP contribution in [0.2, 0.25) is 0 Å². The Morgan fingerprint density at radius 3 is 2.18 bits per heavy atom.